The van der Waals surface area contributed by atoms with Gasteiger partial charge in [0.25, 0.3) is 0 Å². The minimum absolute atomic E-state index is 0.0339. The van der Waals surface area contributed by atoms with Gasteiger partial charge in [-0.15, -0.1) is 0 Å². The average Bonchev–Trinajstić information content (AvgIpc) is 2.42. The highest BCUT2D eigenvalue weighted by molar-refractivity contribution is 5.29. The molecule has 0 aliphatic heterocycles. The molecular formula is C17H20FN. The molecule has 1 nitrogen and oxygen atoms in total. The SMILES string of the molecule is Cc1cc(F)ccc1CC(N)C(C)c1ccccc1. The third-order valence-electron chi connectivity index (χ3n) is 3.73. The molecule has 2 heteroatoms. The van der Waals surface area contributed by atoms with Crippen LogP contribution >= 0.6 is 0 Å². The molecule has 0 spiro atoms. The first-order valence-corrected chi connectivity index (χ1v) is 6.63. The van der Waals surface area contributed by atoms with Crippen LogP contribution in [-0.2, 0) is 6.42 Å². The molecule has 0 heterocycles. The van der Waals surface area contributed by atoms with Crippen LogP contribution in [0.3, 0.4) is 0 Å². The molecule has 0 aliphatic carbocycles. The summed E-state index contributed by atoms with van der Waals surface area (Å²) in [6.45, 7) is 4.07. The second kappa shape index (κ2) is 5.98. The number of hydrogen-bond donors (Lipinski definition) is 1. The van der Waals surface area contributed by atoms with Gasteiger partial charge in [-0.05, 0) is 48.1 Å². The molecule has 0 saturated carbocycles. The molecule has 0 aromatic heterocycles. The summed E-state index contributed by atoms with van der Waals surface area (Å²) in [4.78, 5) is 0. The third-order valence-corrected chi connectivity index (χ3v) is 3.73. The minimum Gasteiger partial charge on any atom is -0.327 e. The lowest BCUT2D eigenvalue weighted by Gasteiger charge is -2.21. The van der Waals surface area contributed by atoms with Gasteiger partial charge in [0, 0.05) is 6.04 Å². The Morgan fingerprint density at radius 2 is 1.79 bits per heavy atom. The first-order chi connectivity index (χ1) is 9.08. The van der Waals surface area contributed by atoms with Crippen molar-refractivity contribution in [3.8, 4) is 0 Å². The van der Waals surface area contributed by atoms with Crippen LogP contribution in [-0.4, -0.2) is 6.04 Å². The van der Waals surface area contributed by atoms with Crippen molar-refractivity contribution in [2.45, 2.75) is 32.2 Å². The van der Waals surface area contributed by atoms with Crippen LogP contribution in [0.1, 0.15) is 29.5 Å². The summed E-state index contributed by atoms with van der Waals surface area (Å²) in [7, 11) is 0. The Morgan fingerprint density at radius 3 is 2.42 bits per heavy atom. The van der Waals surface area contributed by atoms with Gasteiger partial charge in [0.1, 0.15) is 5.82 Å². The molecule has 19 heavy (non-hydrogen) atoms. The third kappa shape index (κ3) is 3.42. The van der Waals surface area contributed by atoms with E-state index in [-0.39, 0.29) is 17.8 Å². The second-order valence-corrected chi connectivity index (χ2v) is 5.14. The van der Waals surface area contributed by atoms with Gasteiger partial charge in [-0.25, -0.2) is 4.39 Å². The van der Waals surface area contributed by atoms with Gasteiger partial charge < -0.3 is 5.73 Å². The van der Waals surface area contributed by atoms with Gasteiger partial charge in [0.2, 0.25) is 0 Å². The van der Waals surface area contributed by atoms with Gasteiger partial charge in [0.15, 0.2) is 0 Å². The van der Waals surface area contributed by atoms with E-state index in [9.17, 15) is 4.39 Å². The highest BCUT2D eigenvalue weighted by Gasteiger charge is 2.16. The van der Waals surface area contributed by atoms with Crippen LogP contribution in [0.2, 0.25) is 0 Å². The predicted molar refractivity (Wildman–Crippen MR) is 77.7 cm³/mol. The van der Waals surface area contributed by atoms with E-state index in [0.717, 1.165) is 17.5 Å². The number of rotatable bonds is 4. The summed E-state index contributed by atoms with van der Waals surface area (Å²) < 4.78 is 13.1. The molecule has 2 aromatic rings. The molecule has 0 saturated heterocycles. The topological polar surface area (TPSA) is 26.0 Å². The molecule has 100 valence electrons. The van der Waals surface area contributed by atoms with E-state index in [1.165, 1.54) is 11.6 Å². The maximum absolute atomic E-state index is 13.1. The molecule has 0 aliphatic rings. The van der Waals surface area contributed by atoms with Crippen molar-refractivity contribution in [3.05, 3.63) is 71.0 Å². The highest BCUT2D eigenvalue weighted by Crippen LogP contribution is 2.21. The monoisotopic (exact) mass is 257 g/mol. The summed E-state index contributed by atoms with van der Waals surface area (Å²) in [5, 5.41) is 0. The molecular weight excluding hydrogens is 237 g/mol. The summed E-state index contributed by atoms with van der Waals surface area (Å²) in [6, 6.07) is 15.2. The number of aryl methyl sites for hydroxylation is 1. The fourth-order valence-corrected chi connectivity index (χ4v) is 2.32. The summed E-state index contributed by atoms with van der Waals surface area (Å²) in [6.07, 6.45) is 0.766. The Hall–Kier alpha value is -1.67. The predicted octanol–water partition coefficient (Wildman–Crippen LogP) is 3.81. The lowest BCUT2D eigenvalue weighted by atomic mass is 9.89. The molecule has 0 radical (unpaired) electrons. The van der Waals surface area contributed by atoms with Crippen molar-refractivity contribution >= 4 is 0 Å². The summed E-state index contributed by atoms with van der Waals surface area (Å²) in [5.74, 6) is 0.0941. The Morgan fingerprint density at radius 1 is 1.11 bits per heavy atom. The van der Waals surface area contributed by atoms with Crippen LogP contribution in [0.15, 0.2) is 48.5 Å². The first kappa shape index (κ1) is 13.8. The number of hydrogen-bond acceptors (Lipinski definition) is 1. The minimum atomic E-state index is -0.189. The van der Waals surface area contributed by atoms with E-state index in [1.807, 2.05) is 31.2 Å². The van der Waals surface area contributed by atoms with Gasteiger partial charge in [0.05, 0.1) is 0 Å². The zero-order valence-corrected chi connectivity index (χ0v) is 11.4. The lowest BCUT2D eigenvalue weighted by molar-refractivity contribution is 0.561. The van der Waals surface area contributed by atoms with Crippen LogP contribution < -0.4 is 5.73 Å². The van der Waals surface area contributed by atoms with Gasteiger partial charge in [-0.1, -0.05) is 43.3 Å². The maximum Gasteiger partial charge on any atom is 0.123 e. The van der Waals surface area contributed by atoms with Crippen molar-refractivity contribution in [2.24, 2.45) is 5.73 Å². The molecule has 2 unspecified atom stereocenters. The fraction of sp³-hybridized carbons (Fsp3) is 0.294. The van der Waals surface area contributed by atoms with Gasteiger partial charge >= 0.3 is 0 Å². The fourth-order valence-electron chi connectivity index (χ4n) is 2.32. The smallest absolute Gasteiger partial charge is 0.123 e. The van der Waals surface area contributed by atoms with Gasteiger partial charge in [-0.3, -0.25) is 0 Å². The number of benzene rings is 2. The van der Waals surface area contributed by atoms with Gasteiger partial charge in [-0.2, -0.15) is 0 Å². The van der Waals surface area contributed by atoms with Crippen molar-refractivity contribution in [2.75, 3.05) is 0 Å². The molecule has 0 bridgehead atoms. The lowest BCUT2D eigenvalue weighted by Crippen LogP contribution is -2.29. The van der Waals surface area contributed by atoms with E-state index in [0.29, 0.717) is 0 Å². The standard InChI is InChI=1S/C17H20FN/c1-12-10-16(18)9-8-15(12)11-17(19)13(2)14-6-4-3-5-7-14/h3-10,13,17H,11,19H2,1-2H3. The molecule has 0 fully saturated rings. The summed E-state index contributed by atoms with van der Waals surface area (Å²) >= 11 is 0. The maximum atomic E-state index is 13.1. The molecule has 2 aromatic carbocycles. The van der Waals surface area contributed by atoms with Crippen molar-refractivity contribution in [1.29, 1.82) is 0 Å². The molecule has 2 rings (SSSR count). The van der Waals surface area contributed by atoms with E-state index < -0.39 is 0 Å². The van der Waals surface area contributed by atoms with Crippen molar-refractivity contribution < 1.29 is 4.39 Å². The quantitative estimate of drug-likeness (QED) is 0.885. The van der Waals surface area contributed by atoms with Crippen LogP contribution in [0.25, 0.3) is 0 Å². The number of nitrogens with two attached hydrogens (primary N) is 1. The Bertz CT molecular complexity index is 536. The molecule has 2 atom stereocenters. The normalized spacial score (nSPS) is 14.1. The second-order valence-electron chi connectivity index (χ2n) is 5.14. The van der Waals surface area contributed by atoms with Crippen LogP contribution in [0, 0.1) is 12.7 Å². The Balaban J connectivity index is 2.10. The first-order valence-electron chi connectivity index (χ1n) is 6.63. The highest BCUT2D eigenvalue weighted by atomic mass is 19.1. The zero-order chi connectivity index (χ0) is 13.8. The summed E-state index contributed by atoms with van der Waals surface area (Å²) in [5.41, 5.74) is 9.63. The zero-order valence-electron chi connectivity index (χ0n) is 11.4. The Kier molecular flexibility index (Phi) is 4.33. The van der Waals surface area contributed by atoms with E-state index in [4.69, 9.17) is 5.73 Å². The van der Waals surface area contributed by atoms with Crippen molar-refractivity contribution in [3.63, 3.8) is 0 Å². The largest absolute Gasteiger partial charge is 0.327 e. The average molecular weight is 257 g/mol. The Labute approximate surface area is 114 Å². The molecule has 0 amide bonds. The molecule has 2 N–H and O–H groups in total. The number of halogens is 1. The van der Waals surface area contributed by atoms with Crippen LogP contribution in [0.5, 0.6) is 0 Å². The van der Waals surface area contributed by atoms with E-state index >= 15 is 0 Å². The van der Waals surface area contributed by atoms with E-state index in [1.54, 1.807) is 6.07 Å². The van der Waals surface area contributed by atoms with Crippen LogP contribution in [0.4, 0.5) is 4.39 Å². The van der Waals surface area contributed by atoms with E-state index in [2.05, 4.69) is 19.1 Å². The van der Waals surface area contributed by atoms with Crippen molar-refractivity contribution in [1.82, 2.24) is 0 Å².